The monoisotopic (exact) mass is 247 g/mol. The van der Waals surface area contributed by atoms with E-state index in [-0.39, 0.29) is 17.9 Å². The van der Waals surface area contributed by atoms with Crippen LogP contribution >= 0.6 is 0 Å². The minimum Gasteiger partial charge on any atom is -0.357 e. The summed E-state index contributed by atoms with van der Waals surface area (Å²) in [4.78, 5) is 22.5. The first-order valence-corrected chi connectivity index (χ1v) is 6.35. The van der Waals surface area contributed by atoms with Crippen LogP contribution in [0.5, 0.6) is 0 Å². The third kappa shape index (κ3) is 1.77. The molecule has 0 saturated carbocycles. The number of nitrogens with one attached hydrogen (secondary N) is 2. The van der Waals surface area contributed by atoms with Crippen molar-refractivity contribution in [3.05, 3.63) is 12.3 Å². The molecule has 0 spiro atoms. The fraction of sp³-hybridized carbons (Fsp3) is 0.583. The van der Waals surface area contributed by atoms with Crippen LogP contribution in [0.4, 0.5) is 11.8 Å². The Kier molecular flexibility index (Phi) is 2.77. The van der Waals surface area contributed by atoms with Gasteiger partial charge in [0.05, 0.1) is 12.0 Å². The number of carbonyl (C=O) groups excluding carboxylic acids is 1. The van der Waals surface area contributed by atoms with Gasteiger partial charge in [0, 0.05) is 26.3 Å². The average molecular weight is 247 g/mol. The Morgan fingerprint density at radius 2 is 2.44 bits per heavy atom. The van der Waals surface area contributed by atoms with Gasteiger partial charge in [-0.2, -0.15) is 4.98 Å². The van der Waals surface area contributed by atoms with Gasteiger partial charge in [0.25, 0.3) is 0 Å². The van der Waals surface area contributed by atoms with Gasteiger partial charge in [0.15, 0.2) is 0 Å². The summed E-state index contributed by atoms with van der Waals surface area (Å²) < 4.78 is 0. The summed E-state index contributed by atoms with van der Waals surface area (Å²) >= 11 is 0. The molecule has 0 aromatic carbocycles. The van der Waals surface area contributed by atoms with Crippen LogP contribution in [-0.2, 0) is 4.79 Å². The zero-order valence-corrected chi connectivity index (χ0v) is 10.4. The van der Waals surface area contributed by atoms with E-state index in [1.54, 1.807) is 13.2 Å². The highest BCUT2D eigenvalue weighted by atomic mass is 16.2. The highest BCUT2D eigenvalue weighted by Gasteiger charge is 2.41. The summed E-state index contributed by atoms with van der Waals surface area (Å²) in [5.74, 6) is 1.83. The smallest absolute Gasteiger partial charge is 0.225 e. The quantitative estimate of drug-likeness (QED) is 0.783. The van der Waals surface area contributed by atoms with E-state index >= 15 is 0 Å². The van der Waals surface area contributed by atoms with Gasteiger partial charge in [0.2, 0.25) is 11.9 Å². The molecule has 1 amide bonds. The maximum Gasteiger partial charge on any atom is 0.225 e. The van der Waals surface area contributed by atoms with Crippen molar-refractivity contribution in [2.45, 2.75) is 18.9 Å². The SMILES string of the molecule is CNc1nccc(N2CCCC3C(=O)NCC32)n1. The van der Waals surface area contributed by atoms with Crippen LogP contribution in [0.25, 0.3) is 0 Å². The Morgan fingerprint density at radius 3 is 3.28 bits per heavy atom. The molecule has 1 aromatic rings. The minimum absolute atomic E-state index is 0.117. The number of anilines is 2. The molecule has 6 heteroatoms. The van der Waals surface area contributed by atoms with Crippen molar-refractivity contribution in [2.75, 3.05) is 30.4 Å². The van der Waals surface area contributed by atoms with Crippen molar-refractivity contribution in [2.24, 2.45) is 5.92 Å². The Morgan fingerprint density at radius 1 is 1.56 bits per heavy atom. The van der Waals surface area contributed by atoms with Crippen LogP contribution in [0.2, 0.25) is 0 Å². The fourth-order valence-electron chi connectivity index (χ4n) is 2.87. The molecule has 2 fully saturated rings. The van der Waals surface area contributed by atoms with Gasteiger partial charge in [-0.3, -0.25) is 4.79 Å². The number of rotatable bonds is 2. The van der Waals surface area contributed by atoms with Crippen molar-refractivity contribution in [3.63, 3.8) is 0 Å². The van der Waals surface area contributed by atoms with Crippen molar-refractivity contribution < 1.29 is 4.79 Å². The second-order valence-electron chi connectivity index (χ2n) is 4.74. The summed E-state index contributed by atoms with van der Waals surface area (Å²) in [5, 5.41) is 5.89. The summed E-state index contributed by atoms with van der Waals surface area (Å²) in [6.45, 7) is 1.68. The molecule has 0 bridgehead atoms. The lowest BCUT2D eigenvalue weighted by Gasteiger charge is -2.36. The van der Waals surface area contributed by atoms with Crippen LogP contribution < -0.4 is 15.5 Å². The first-order chi connectivity index (χ1) is 8.79. The molecular formula is C12H17N5O. The molecule has 0 aliphatic carbocycles. The second kappa shape index (κ2) is 4.44. The van der Waals surface area contributed by atoms with Crippen molar-refractivity contribution >= 4 is 17.7 Å². The third-order valence-corrected chi connectivity index (χ3v) is 3.76. The number of aromatic nitrogens is 2. The van der Waals surface area contributed by atoms with Crippen molar-refractivity contribution in [1.82, 2.24) is 15.3 Å². The van der Waals surface area contributed by atoms with E-state index in [4.69, 9.17) is 0 Å². The lowest BCUT2D eigenvalue weighted by Crippen LogP contribution is -2.46. The number of amides is 1. The predicted octanol–water partition coefficient (Wildman–Crippen LogP) is 0.233. The highest BCUT2D eigenvalue weighted by molar-refractivity contribution is 5.83. The average Bonchev–Trinajstić information content (AvgIpc) is 2.81. The topological polar surface area (TPSA) is 70.2 Å². The molecule has 2 saturated heterocycles. The molecule has 2 aliphatic rings. The second-order valence-corrected chi connectivity index (χ2v) is 4.74. The zero-order valence-electron chi connectivity index (χ0n) is 10.4. The molecule has 0 radical (unpaired) electrons. The highest BCUT2D eigenvalue weighted by Crippen LogP contribution is 2.30. The Bertz CT molecular complexity index is 464. The Hall–Kier alpha value is -1.85. The van der Waals surface area contributed by atoms with Gasteiger partial charge < -0.3 is 15.5 Å². The summed E-state index contributed by atoms with van der Waals surface area (Å²) in [7, 11) is 1.80. The molecule has 2 unspecified atom stereocenters. The van der Waals surface area contributed by atoms with Crippen LogP contribution in [0, 0.1) is 5.92 Å². The van der Waals surface area contributed by atoms with E-state index in [0.717, 1.165) is 31.7 Å². The molecule has 96 valence electrons. The van der Waals surface area contributed by atoms with Gasteiger partial charge in [-0.05, 0) is 18.9 Å². The summed E-state index contributed by atoms with van der Waals surface area (Å²) in [6.07, 6.45) is 3.77. The number of nitrogens with zero attached hydrogens (tertiary/aromatic N) is 3. The number of piperidine rings is 1. The van der Waals surface area contributed by atoms with Gasteiger partial charge >= 0.3 is 0 Å². The van der Waals surface area contributed by atoms with Gasteiger partial charge in [-0.25, -0.2) is 4.98 Å². The van der Waals surface area contributed by atoms with E-state index in [0.29, 0.717) is 5.95 Å². The Balaban J connectivity index is 1.88. The van der Waals surface area contributed by atoms with E-state index in [9.17, 15) is 4.79 Å². The zero-order chi connectivity index (χ0) is 12.5. The predicted molar refractivity (Wildman–Crippen MR) is 68.4 cm³/mol. The molecule has 2 atom stereocenters. The summed E-state index contributed by atoms with van der Waals surface area (Å²) in [6, 6.07) is 2.15. The van der Waals surface area contributed by atoms with Crippen molar-refractivity contribution in [3.8, 4) is 0 Å². The first-order valence-electron chi connectivity index (χ1n) is 6.35. The van der Waals surface area contributed by atoms with Crippen molar-refractivity contribution in [1.29, 1.82) is 0 Å². The normalized spacial score (nSPS) is 26.7. The molecule has 3 rings (SSSR count). The standard InChI is InChI=1S/C12H17N5O/c1-13-12-14-5-4-10(16-12)17-6-2-3-8-9(17)7-15-11(8)18/h4-5,8-9H,2-3,6-7H2,1H3,(H,15,18)(H,13,14,16). The van der Waals surface area contributed by atoms with E-state index in [1.165, 1.54) is 0 Å². The fourth-order valence-corrected chi connectivity index (χ4v) is 2.87. The van der Waals surface area contributed by atoms with Gasteiger partial charge in [-0.15, -0.1) is 0 Å². The van der Waals surface area contributed by atoms with Crippen LogP contribution in [-0.4, -0.2) is 42.1 Å². The molecule has 2 N–H and O–H groups in total. The number of fused-ring (bicyclic) bond motifs is 1. The van der Waals surface area contributed by atoms with Crippen LogP contribution in [0.3, 0.4) is 0 Å². The van der Waals surface area contributed by atoms with E-state index in [2.05, 4.69) is 25.5 Å². The number of hydrogen-bond donors (Lipinski definition) is 2. The molecule has 3 heterocycles. The molecule has 2 aliphatic heterocycles. The Labute approximate surface area is 106 Å². The molecule has 6 nitrogen and oxygen atoms in total. The molecule has 1 aromatic heterocycles. The number of carbonyl (C=O) groups is 1. The summed E-state index contributed by atoms with van der Waals surface area (Å²) in [5.41, 5.74) is 0. The van der Waals surface area contributed by atoms with Crippen LogP contribution in [0.1, 0.15) is 12.8 Å². The van der Waals surface area contributed by atoms with Gasteiger partial charge in [0.1, 0.15) is 5.82 Å². The number of hydrogen-bond acceptors (Lipinski definition) is 5. The lowest BCUT2D eigenvalue weighted by atomic mass is 9.91. The van der Waals surface area contributed by atoms with E-state index < -0.39 is 0 Å². The van der Waals surface area contributed by atoms with Gasteiger partial charge in [-0.1, -0.05) is 0 Å². The largest absolute Gasteiger partial charge is 0.357 e. The maximum absolute atomic E-state index is 11.7. The minimum atomic E-state index is 0.117. The lowest BCUT2D eigenvalue weighted by molar-refractivity contribution is -0.122. The van der Waals surface area contributed by atoms with E-state index in [1.807, 2.05) is 6.07 Å². The first kappa shape index (κ1) is 11.3. The third-order valence-electron chi connectivity index (χ3n) is 3.76. The molecule has 18 heavy (non-hydrogen) atoms. The maximum atomic E-state index is 11.7. The van der Waals surface area contributed by atoms with Crippen LogP contribution in [0.15, 0.2) is 12.3 Å². The molecular weight excluding hydrogens is 230 g/mol.